The first kappa shape index (κ1) is 14.5. The van der Waals surface area contributed by atoms with Crippen molar-refractivity contribution in [3.8, 4) is 0 Å². The molecule has 1 N–H and O–H groups in total. The summed E-state index contributed by atoms with van der Waals surface area (Å²) in [6, 6.07) is 5.70. The van der Waals surface area contributed by atoms with Gasteiger partial charge < -0.3 is 5.32 Å². The van der Waals surface area contributed by atoms with Crippen LogP contribution in [-0.2, 0) is 6.42 Å². The van der Waals surface area contributed by atoms with Gasteiger partial charge >= 0.3 is 0 Å². The number of hydrogen-bond donors (Lipinski definition) is 1. The summed E-state index contributed by atoms with van der Waals surface area (Å²) in [4.78, 5) is 10.7. The lowest BCUT2D eigenvalue weighted by molar-refractivity contribution is -0.385. The van der Waals surface area contributed by atoms with Crippen LogP contribution in [0.4, 0.5) is 11.4 Å². The van der Waals surface area contributed by atoms with E-state index in [-0.39, 0.29) is 10.6 Å². The van der Waals surface area contributed by atoms with Gasteiger partial charge in [-0.25, -0.2) is 0 Å². The van der Waals surface area contributed by atoms with Gasteiger partial charge in [0, 0.05) is 23.4 Å². The largest absolute Gasteiger partial charge is 0.382 e. The number of nitro groups is 1. The number of nitrogens with one attached hydrogen (secondary N) is 1. The summed E-state index contributed by atoms with van der Waals surface area (Å²) in [5.41, 5.74) is 1.81. The van der Waals surface area contributed by atoms with Gasteiger partial charge in [-0.15, -0.1) is 0 Å². The van der Waals surface area contributed by atoms with Crippen molar-refractivity contribution in [3.63, 3.8) is 0 Å². The molecule has 0 radical (unpaired) electrons. The highest BCUT2D eigenvalue weighted by molar-refractivity contribution is 5.55. The molecule has 0 saturated heterocycles. The fraction of sp³-hybridized carbons (Fsp3) is 0.571. The van der Waals surface area contributed by atoms with Crippen molar-refractivity contribution in [2.75, 3.05) is 5.32 Å². The minimum absolute atomic E-state index is 0.207. The third-order valence-electron chi connectivity index (χ3n) is 3.55. The number of anilines is 1. The summed E-state index contributed by atoms with van der Waals surface area (Å²) in [5.74, 6) is 0.537. The van der Waals surface area contributed by atoms with Gasteiger partial charge in [0.1, 0.15) is 0 Å². The molecule has 1 aromatic rings. The predicted octanol–water partition coefficient (Wildman–Crippen LogP) is 4.00. The Hall–Kier alpha value is -1.58. The minimum atomic E-state index is -0.308. The summed E-state index contributed by atoms with van der Waals surface area (Å²) in [6.45, 7) is 8.35. The van der Waals surface area contributed by atoms with Gasteiger partial charge in [-0.3, -0.25) is 10.1 Å². The van der Waals surface area contributed by atoms with Gasteiger partial charge in [-0.05, 0) is 25.3 Å². The second kappa shape index (κ2) is 6.38. The Bertz CT molecular complexity index is 418. The molecular formula is C14H22N2O2. The molecule has 1 aromatic carbocycles. The maximum Gasteiger partial charge on any atom is 0.274 e. The number of aryl methyl sites for hydroxylation is 1. The van der Waals surface area contributed by atoms with Crippen LogP contribution in [-0.4, -0.2) is 11.0 Å². The molecule has 0 spiro atoms. The molecule has 18 heavy (non-hydrogen) atoms. The Morgan fingerprint density at radius 1 is 1.33 bits per heavy atom. The molecule has 0 aliphatic heterocycles. The van der Waals surface area contributed by atoms with E-state index in [4.69, 9.17) is 0 Å². The highest BCUT2D eigenvalue weighted by Gasteiger charge is 2.15. The smallest absolute Gasteiger partial charge is 0.274 e. The maximum atomic E-state index is 11.0. The van der Waals surface area contributed by atoms with E-state index in [0.29, 0.717) is 18.4 Å². The van der Waals surface area contributed by atoms with Crippen LogP contribution in [0.3, 0.4) is 0 Å². The van der Waals surface area contributed by atoms with Crippen molar-refractivity contribution < 1.29 is 4.92 Å². The third-order valence-corrected chi connectivity index (χ3v) is 3.55. The molecule has 4 nitrogen and oxygen atoms in total. The molecular weight excluding hydrogens is 228 g/mol. The van der Waals surface area contributed by atoms with E-state index in [0.717, 1.165) is 17.7 Å². The zero-order valence-electron chi connectivity index (χ0n) is 11.6. The van der Waals surface area contributed by atoms with Gasteiger partial charge in [0.05, 0.1) is 4.92 Å². The van der Waals surface area contributed by atoms with Gasteiger partial charge in [0.2, 0.25) is 0 Å². The highest BCUT2D eigenvalue weighted by Crippen LogP contribution is 2.25. The summed E-state index contributed by atoms with van der Waals surface area (Å²) >= 11 is 0. The molecule has 0 fully saturated rings. The van der Waals surface area contributed by atoms with E-state index in [1.807, 2.05) is 19.1 Å². The van der Waals surface area contributed by atoms with Crippen molar-refractivity contribution in [3.05, 3.63) is 33.9 Å². The lowest BCUT2D eigenvalue weighted by Crippen LogP contribution is -2.23. The van der Waals surface area contributed by atoms with Crippen LogP contribution in [0.2, 0.25) is 0 Å². The van der Waals surface area contributed by atoms with Crippen LogP contribution in [0.5, 0.6) is 0 Å². The average Bonchev–Trinajstić information content (AvgIpc) is 2.37. The first-order valence-electron chi connectivity index (χ1n) is 6.53. The highest BCUT2D eigenvalue weighted by atomic mass is 16.6. The summed E-state index contributed by atoms with van der Waals surface area (Å²) in [5, 5.41) is 14.3. The summed E-state index contributed by atoms with van der Waals surface area (Å²) < 4.78 is 0. The molecule has 0 amide bonds. The number of nitrogens with zero attached hydrogens (tertiary/aromatic N) is 1. The van der Waals surface area contributed by atoms with E-state index in [9.17, 15) is 10.1 Å². The lowest BCUT2D eigenvalue weighted by Gasteiger charge is -2.21. The van der Waals surface area contributed by atoms with Crippen molar-refractivity contribution in [2.24, 2.45) is 5.92 Å². The van der Waals surface area contributed by atoms with Crippen LogP contribution in [0, 0.1) is 16.0 Å². The molecule has 1 rings (SSSR count). The molecule has 2 unspecified atom stereocenters. The van der Waals surface area contributed by atoms with Gasteiger partial charge in [-0.2, -0.15) is 0 Å². The van der Waals surface area contributed by atoms with E-state index < -0.39 is 0 Å². The standard InChI is InChI=1S/C14H22N2O2/c1-5-10(3)11(4)15-13-8-7-12(6-2)14(9-13)16(17)18/h7-11,15H,5-6H2,1-4H3. The summed E-state index contributed by atoms with van der Waals surface area (Å²) in [6.07, 6.45) is 1.76. The Morgan fingerprint density at radius 3 is 2.50 bits per heavy atom. The maximum absolute atomic E-state index is 11.0. The molecule has 4 heteroatoms. The minimum Gasteiger partial charge on any atom is -0.382 e. The van der Waals surface area contributed by atoms with Crippen LogP contribution in [0.15, 0.2) is 18.2 Å². The predicted molar refractivity (Wildman–Crippen MR) is 75.0 cm³/mol. The molecule has 0 aromatic heterocycles. The van der Waals surface area contributed by atoms with Gasteiger partial charge in [0.15, 0.2) is 0 Å². The summed E-state index contributed by atoms with van der Waals surface area (Å²) in [7, 11) is 0. The average molecular weight is 250 g/mol. The second-order valence-electron chi connectivity index (χ2n) is 4.77. The molecule has 2 atom stereocenters. The molecule has 0 heterocycles. The fourth-order valence-corrected chi connectivity index (χ4v) is 1.88. The third kappa shape index (κ3) is 3.45. The molecule has 0 bridgehead atoms. The first-order chi connectivity index (χ1) is 8.49. The van der Waals surface area contributed by atoms with Crippen LogP contribution in [0.1, 0.15) is 39.7 Å². The molecule has 0 saturated carbocycles. The number of benzene rings is 1. The van der Waals surface area contributed by atoms with Crippen molar-refractivity contribution in [1.82, 2.24) is 0 Å². The van der Waals surface area contributed by atoms with E-state index >= 15 is 0 Å². The van der Waals surface area contributed by atoms with Crippen LogP contribution >= 0.6 is 0 Å². The lowest BCUT2D eigenvalue weighted by atomic mass is 10.0. The van der Waals surface area contributed by atoms with Crippen molar-refractivity contribution in [1.29, 1.82) is 0 Å². The fourth-order valence-electron chi connectivity index (χ4n) is 1.88. The topological polar surface area (TPSA) is 55.2 Å². The van der Waals surface area contributed by atoms with Gasteiger partial charge in [-0.1, -0.05) is 33.3 Å². The quantitative estimate of drug-likeness (QED) is 0.613. The zero-order valence-corrected chi connectivity index (χ0v) is 11.6. The van der Waals surface area contributed by atoms with E-state index in [2.05, 4.69) is 26.1 Å². The number of rotatable bonds is 6. The van der Waals surface area contributed by atoms with Crippen molar-refractivity contribution >= 4 is 11.4 Å². The Kier molecular flexibility index (Phi) is 5.13. The number of hydrogen-bond acceptors (Lipinski definition) is 3. The molecule has 0 aliphatic rings. The Labute approximate surface area is 109 Å². The number of nitro benzene ring substituents is 1. The Morgan fingerprint density at radius 2 is 2.00 bits per heavy atom. The van der Waals surface area contributed by atoms with Crippen LogP contribution < -0.4 is 5.32 Å². The first-order valence-corrected chi connectivity index (χ1v) is 6.53. The van der Waals surface area contributed by atoms with Gasteiger partial charge in [0.25, 0.3) is 5.69 Å². The Balaban J connectivity index is 2.91. The van der Waals surface area contributed by atoms with Crippen molar-refractivity contribution in [2.45, 2.75) is 46.6 Å². The van der Waals surface area contributed by atoms with E-state index in [1.54, 1.807) is 6.07 Å². The van der Waals surface area contributed by atoms with E-state index in [1.165, 1.54) is 0 Å². The molecule has 100 valence electrons. The van der Waals surface area contributed by atoms with Crippen LogP contribution in [0.25, 0.3) is 0 Å². The molecule has 0 aliphatic carbocycles. The zero-order chi connectivity index (χ0) is 13.7. The normalized spacial score (nSPS) is 14.0. The SMILES string of the molecule is CCc1ccc(NC(C)C(C)CC)cc1[N+](=O)[O-]. The monoisotopic (exact) mass is 250 g/mol. The second-order valence-corrected chi connectivity index (χ2v) is 4.77.